The van der Waals surface area contributed by atoms with Gasteiger partial charge in [0.25, 0.3) is 0 Å². The second-order valence-electron chi connectivity index (χ2n) is 4.51. The lowest BCUT2D eigenvalue weighted by atomic mass is 9.99. The molecule has 0 bridgehead atoms. The van der Waals surface area contributed by atoms with Crippen molar-refractivity contribution in [2.75, 3.05) is 13.2 Å². The number of hydrogen-bond acceptors (Lipinski definition) is 3. The molecule has 2 rings (SSSR count). The number of hydrogen-bond donors (Lipinski definition) is 1. The molecule has 1 amide bonds. The SMILES string of the molecule is CC1(NC(=O)C2(C#N)CC2)CCOC1. The minimum Gasteiger partial charge on any atom is -0.379 e. The van der Waals surface area contributed by atoms with Gasteiger partial charge in [-0.2, -0.15) is 5.26 Å². The number of nitrogens with zero attached hydrogens (tertiary/aromatic N) is 1. The number of rotatable bonds is 2. The highest BCUT2D eigenvalue weighted by molar-refractivity contribution is 5.88. The van der Waals surface area contributed by atoms with E-state index in [4.69, 9.17) is 10.00 Å². The third kappa shape index (κ3) is 1.48. The van der Waals surface area contributed by atoms with Gasteiger partial charge in [-0.25, -0.2) is 0 Å². The largest absolute Gasteiger partial charge is 0.379 e. The molecule has 4 heteroatoms. The highest BCUT2D eigenvalue weighted by Crippen LogP contribution is 2.45. The second-order valence-corrected chi connectivity index (χ2v) is 4.51. The van der Waals surface area contributed by atoms with Crippen LogP contribution in [0.1, 0.15) is 26.2 Å². The van der Waals surface area contributed by atoms with E-state index < -0.39 is 5.41 Å². The highest BCUT2D eigenvalue weighted by Gasteiger charge is 2.52. The van der Waals surface area contributed by atoms with Crippen molar-refractivity contribution in [3.05, 3.63) is 0 Å². The summed E-state index contributed by atoms with van der Waals surface area (Å²) in [5, 5.41) is 11.8. The first-order chi connectivity index (χ1) is 6.60. The van der Waals surface area contributed by atoms with Gasteiger partial charge in [-0.3, -0.25) is 4.79 Å². The molecule has 1 aliphatic carbocycles. The second kappa shape index (κ2) is 2.96. The van der Waals surface area contributed by atoms with Crippen molar-refractivity contribution in [1.82, 2.24) is 5.32 Å². The van der Waals surface area contributed by atoms with Crippen molar-refractivity contribution < 1.29 is 9.53 Å². The molecule has 1 heterocycles. The fourth-order valence-electron chi connectivity index (χ4n) is 1.67. The number of ether oxygens (including phenoxy) is 1. The summed E-state index contributed by atoms with van der Waals surface area (Å²) in [6.07, 6.45) is 2.23. The number of amides is 1. The average molecular weight is 194 g/mol. The van der Waals surface area contributed by atoms with Gasteiger partial charge in [0.15, 0.2) is 0 Å². The molecule has 1 aliphatic heterocycles. The summed E-state index contributed by atoms with van der Waals surface area (Å²) in [7, 11) is 0. The number of carbonyl (C=O) groups is 1. The monoisotopic (exact) mass is 194 g/mol. The highest BCUT2D eigenvalue weighted by atomic mass is 16.5. The van der Waals surface area contributed by atoms with Crippen LogP contribution < -0.4 is 5.32 Å². The van der Waals surface area contributed by atoms with Crippen molar-refractivity contribution in [3.63, 3.8) is 0 Å². The minimum atomic E-state index is -0.717. The quantitative estimate of drug-likeness (QED) is 0.699. The van der Waals surface area contributed by atoms with Gasteiger partial charge in [-0.1, -0.05) is 0 Å². The van der Waals surface area contributed by atoms with Crippen LogP contribution in [-0.2, 0) is 9.53 Å². The van der Waals surface area contributed by atoms with Gasteiger partial charge in [0.2, 0.25) is 5.91 Å². The van der Waals surface area contributed by atoms with E-state index in [0.717, 1.165) is 6.42 Å². The minimum absolute atomic E-state index is 0.118. The van der Waals surface area contributed by atoms with Gasteiger partial charge in [-0.15, -0.1) is 0 Å². The third-order valence-electron chi connectivity index (χ3n) is 3.03. The Morgan fingerprint density at radius 3 is 2.64 bits per heavy atom. The molecule has 0 aromatic heterocycles. The van der Waals surface area contributed by atoms with E-state index in [2.05, 4.69) is 11.4 Å². The Labute approximate surface area is 83.2 Å². The standard InChI is InChI=1S/C10H14N2O2/c1-9(4-5-14-7-9)12-8(13)10(6-11)2-3-10/h2-5,7H2,1H3,(H,12,13). The van der Waals surface area contributed by atoms with Crippen LogP contribution in [0.15, 0.2) is 0 Å². The lowest BCUT2D eigenvalue weighted by molar-refractivity contribution is -0.126. The van der Waals surface area contributed by atoms with E-state index in [1.165, 1.54) is 0 Å². The molecule has 1 saturated carbocycles. The summed E-state index contributed by atoms with van der Waals surface area (Å²) < 4.78 is 5.23. The maximum atomic E-state index is 11.7. The lowest BCUT2D eigenvalue weighted by Gasteiger charge is -2.24. The Kier molecular flexibility index (Phi) is 2.00. The summed E-state index contributed by atoms with van der Waals surface area (Å²) >= 11 is 0. The zero-order valence-electron chi connectivity index (χ0n) is 8.30. The molecular weight excluding hydrogens is 180 g/mol. The van der Waals surface area contributed by atoms with Crippen molar-refractivity contribution in [2.45, 2.75) is 31.7 Å². The molecule has 76 valence electrons. The molecule has 1 saturated heterocycles. The Morgan fingerprint density at radius 1 is 1.50 bits per heavy atom. The van der Waals surface area contributed by atoms with E-state index in [1.54, 1.807) is 0 Å². The molecule has 0 radical (unpaired) electrons. The van der Waals surface area contributed by atoms with Crippen LogP contribution in [0.5, 0.6) is 0 Å². The smallest absolute Gasteiger partial charge is 0.240 e. The van der Waals surface area contributed by atoms with Gasteiger partial charge < -0.3 is 10.1 Å². The van der Waals surface area contributed by atoms with Gasteiger partial charge in [0, 0.05) is 6.61 Å². The number of nitrogens with one attached hydrogen (secondary N) is 1. The molecule has 1 N–H and O–H groups in total. The maximum Gasteiger partial charge on any atom is 0.240 e. The number of nitriles is 1. The summed E-state index contributed by atoms with van der Waals surface area (Å²) in [5.41, 5.74) is -0.977. The molecule has 0 aromatic rings. The molecule has 0 aromatic carbocycles. The predicted molar refractivity (Wildman–Crippen MR) is 49.3 cm³/mol. The average Bonchev–Trinajstić information content (AvgIpc) is 2.85. The van der Waals surface area contributed by atoms with Crippen LogP contribution in [0.3, 0.4) is 0 Å². The van der Waals surface area contributed by atoms with Crippen LogP contribution in [0.25, 0.3) is 0 Å². The molecule has 4 nitrogen and oxygen atoms in total. The molecule has 1 atom stereocenters. The van der Waals surface area contributed by atoms with Crippen molar-refractivity contribution in [1.29, 1.82) is 5.26 Å². The van der Waals surface area contributed by atoms with Gasteiger partial charge in [0.1, 0.15) is 5.41 Å². The van der Waals surface area contributed by atoms with Crippen LogP contribution >= 0.6 is 0 Å². The van der Waals surface area contributed by atoms with Crippen molar-refractivity contribution in [2.24, 2.45) is 5.41 Å². The Balaban J connectivity index is 1.98. The van der Waals surface area contributed by atoms with Crippen LogP contribution in [0, 0.1) is 16.7 Å². The maximum absolute atomic E-state index is 11.7. The lowest BCUT2D eigenvalue weighted by Crippen LogP contribution is -2.49. The molecular formula is C10H14N2O2. The summed E-state index contributed by atoms with van der Waals surface area (Å²) in [5.74, 6) is -0.118. The Bertz CT molecular complexity index is 296. The van der Waals surface area contributed by atoms with Crippen LogP contribution in [-0.4, -0.2) is 24.7 Å². The summed E-state index contributed by atoms with van der Waals surface area (Å²) in [6.45, 7) is 3.21. The Hall–Kier alpha value is -1.08. The fraction of sp³-hybridized carbons (Fsp3) is 0.800. The zero-order chi connectivity index (χ0) is 10.2. The third-order valence-corrected chi connectivity index (χ3v) is 3.03. The van der Waals surface area contributed by atoms with E-state index in [0.29, 0.717) is 26.1 Å². The molecule has 14 heavy (non-hydrogen) atoms. The topological polar surface area (TPSA) is 62.1 Å². The van der Waals surface area contributed by atoms with Crippen LogP contribution in [0.4, 0.5) is 0 Å². The van der Waals surface area contributed by atoms with E-state index in [-0.39, 0.29) is 11.4 Å². The fourth-order valence-corrected chi connectivity index (χ4v) is 1.67. The Morgan fingerprint density at radius 2 is 2.21 bits per heavy atom. The van der Waals surface area contributed by atoms with E-state index in [1.807, 2.05) is 6.92 Å². The first-order valence-corrected chi connectivity index (χ1v) is 4.92. The molecule has 0 spiro atoms. The van der Waals surface area contributed by atoms with Gasteiger partial charge in [-0.05, 0) is 26.2 Å². The first kappa shape index (κ1) is 9.47. The van der Waals surface area contributed by atoms with Crippen molar-refractivity contribution in [3.8, 4) is 6.07 Å². The first-order valence-electron chi connectivity index (χ1n) is 4.92. The summed E-state index contributed by atoms with van der Waals surface area (Å²) in [6, 6.07) is 2.09. The predicted octanol–water partition coefficient (Wildman–Crippen LogP) is 0.585. The van der Waals surface area contributed by atoms with E-state index >= 15 is 0 Å². The molecule has 1 unspecified atom stereocenters. The van der Waals surface area contributed by atoms with E-state index in [9.17, 15) is 4.79 Å². The zero-order valence-corrected chi connectivity index (χ0v) is 8.30. The molecule has 2 aliphatic rings. The van der Waals surface area contributed by atoms with Crippen molar-refractivity contribution >= 4 is 5.91 Å². The van der Waals surface area contributed by atoms with Crippen LogP contribution in [0.2, 0.25) is 0 Å². The normalized spacial score (nSPS) is 33.4. The number of carbonyl (C=O) groups excluding carboxylic acids is 1. The van der Waals surface area contributed by atoms with Gasteiger partial charge in [0.05, 0.1) is 18.2 Å². The van der Waals surface area contributed by atoms with Gasteiger partial charge >= 0.3 is 0 Å². The molecule has 2 fully saturated rings. The summed E-state index contributed by atoms with van der Waals surface area (Å²) in [4.78, 5) is 11.7.